The molecule has 1 N–H and O–H groups in total. The topological polar surface area (TPSA) is 54.4 Å². The second-order valence-corrected chi connectivity index (χ2v) is 0.714. The fourth-order valence-corrected chi connectivity index (χ4v) is 0. The average molecular weight is 171 g/mol. The Hall–Kier alpha value is 1.01. The van der Waals surface area contributed by atoms with E-state index in [0.717, 1.165) is 0 Å². The van der Waals surface area contributed by atoms with Gasteiger partial charge in [0.2, 0.25) is 0 Å². The summed E-state index contributed by atoms with van der Waals surface area (Å²) in [6.07, 6.45) is 0. The summed E-state index contributed by atoms with van der Waals surface area (Å²) >= 11 is 0. The van der Waals surface area contributed by atoms with Gasteiger partial charge in [0.15, 0.2) is 0 Å². The van der Waals surface area contributed by atoms with Gasteiger partial charge in [0.25, 0.3) is 11.0 Å². The molecule has 29 valence electrons. The molecule has 0 amide bonds. The third-order valence-electron chi connectivity index (χ3n) is 0. The van der Waals surface area contributed by atoms with Gasteiger partial charge in [-0.25, -0.2) is 8.42 Å². The van der Waals surface area contributed by atoms with Crippen molar-refractivity contribution in [1.29, 1.82) is 0 Å². The first-order chi connectivity index (χ1) is 1.73. The van der Waals surface area contributed by atoms with E-state index in [9.17, 15) is 0 Å². The molecular weight excluding hydrogens is 169 g/mol. The van der Waals surface area contributed by atoms with Gasteiger partial charge in [-0.3, -0.25) is 4.55 Å². The molecule has 0 heterocycles. The van der Waals surface area contributed by atoms with Crippen LogP contribution in [0.25, 0.3) is 0 Å². The van der Waals surface area contributed by atoms with Gasteiger partial charge in [0.1, 0.15) is 0 Å². The molecule has 0 aromatic heterocycles. The van der Waals surface area contributed by atoms with E-state index in [-0.39, 0.29) is 32.7 Å². The van der Waals surface area contributed by atoms with E-state index in [0.29, 0.717) is 0 Å². The van der Waals surface area contributed by atoms with Gasteiger partial charge in [-0.15, -0.1) is 0 Å². The summed E-state index contributed by atoms with van der Waals surface area (Å²) in [5.41, 5.74) is 0. The Labute approximate surface area is 56.4 Å². The standard InChI is InChI=1S/H2O3S.Y/c1-4(2)3;/h4H,(H,1,2,3);. The van der Waals surface area contributed by atoms with Crippen LogP contribution in [0.4, 0.5) is 0 Å². The molecule has 0 saturated carbocycles. The van der Waals surface area contributed by atoms with E-state index in [1.54, 1.807) is 0 Å². The minimum Gasteiger partial charge on any atom is -0.288 e. The molecule has 0 aromatic rings. The molecule has 3 nitrogen and oxygen atoms in total. The Morgan fingerprint density at radius 1 is 1.40 bits per heavy atom. The van der Waals surface area contributed by atoms with Gasteiger partial charge in [-0.1, -0.05) is 0 Å². The predicted octanol–water partition coefficient (Wildman–Crippen LogP) is -0.932. The second kappa shape index (κ2) is 5.01. The van der Waals surface area contributed by atoms with Crippen molar-refractivity contribution < 1.29 is 45.7 Å². The minimum atomic E-state index is -3.12. The van der Waals surface area contributed by atoms with Crippen LogP contribution in [0.15, 0.2) is 0 Å². The van der Waals surface area contributed by atoms with Crippen molar-refractivity contribution in [2.24, 2.45) is 0 Å². The fraction of sp³-hybridized carbons (Fsp3) is 0. The normalized spacial score (nSPS) is 6.80. The maximum atomic E-state index is 8.59. The van der Waals surface area contributed by atoms with Crippen molar-refractivity contribution in [1.82, 2.24) is 0 Å². The van der Waals surface area contributed by atoms with E-state index >= 15 is 0 Å². The van der Waals surface area contributed by atoms with Crippen molar-refractivity contribution in [2.45, 2.75) is 0 Å². The molecule has 0 aromatic carbocycles. The Morgan fingerprint density at radius 2 is 1.40 bits per heavy atom. The van der Waals surface area contributed by atoms with Crippen LogP contribution in [0, 0.1) is 0 Å². The SMILES string of the molecule is O=[SH](=O)O.[Y]. The monoisotopic (exact) mass is 171 g/mol. The van der Waals surface area contributed by atoms with Gasteiger partial charge in [-0.2, -0.15) is 0 Å². The molecule has 0 spiro atoms. The Bertz CT molecular complexity index is 55.3. The molecule has 0 atom stereocenters. The molecule has 0 rings (SSSR count). The maximum absolute atomic E-state index is 8.59. The molecule has 0 bridgehead atoms. The quantitative estimate of drug-likeness (QED) is 0.365. The van der Waals surface area contributed by atoms with E-state index in [1.165, 1.54) is 0 Å². The summed E-state index contributed by atoms with van der Waals surface area (Å²) in [7, 11) is -3.12. The predicted molar refractivity (Wildman–Crippen MR) is 12.9 cm³/mol. The van der Waals surface area contributed by atoms with Gasteiger partial charge in [0, 0.05) is 32.7 Å². The van der Waals surface area contributed by atoms with Crippen LogP contribution in [0.1, 0.15) is 0 Å². The van der Waals surface area contributed by atoms with Crippen LogP contribution in [-0.2, 0) is 43.7 Å². The molecule has 5 heteroatoms. The summed E-state index contributed by atoms with van der Waals surface area (Å²) in [4.78, 5) is 0. The average Bonchev–Trinajstić information content (AvgIpc) is 0.811. The van der Waals surface area contributed by atoms with Crippen LogP contribution in [-0.4, -0.2) is 13.0 Å². The van der Waals surface area contributed by atoms with Gasteiger partial charge in [0.05, 0.1) is 0 Å². The summed E-state index contributed by atoms with van der Waals surface area (Å²) in [5, 5.41) is 0. The third kappa shape index (κ3) is 44.3. The van der Waals surface area contributed by atoms with Gasteiger partial charge in [-0.05, 0) is 0 Å². The third-order valence-corrected chi connectivity index (χ3v) is 0. The van der Waals surface area contributed by atoms with Crippen molar-refractivity contribution in [2.75, 3.05) is 0 Å². The maximum Gasteiger partial charge on any atom is 0.254 e. The van der Waals surface area contributed by atoms with Crippen molar-refractivity contribution in [3.05, 3.63) is 0 Å². The number of rotatable bonds is 0. The fourth-order valence-electron chi connectivity index (χ4n) is 0. The summed E-state index contributed by atoms with van der Waals surface area (Å²) < 4.78 is 24.2. The zero-order valence-corrected chi connectivity index (χ0v) is 6.02. The van der Waals surface area contributed by atoms with Crippen molar-refractivity contribution in [3.63, 3.8) is 0 Å². The number of thiol groups is 1. The summed E-state index contributed by atoms with van der Waals surface area (Å²) in [6.45, 7) is 0. The van der Waals surface area contributed by atoms with Crippen LogP contribution in [0.3, 0.4) is 0 Å². The van der Waals surface area contributed by atoms with E-state index in [4.69, 9.17) is 13.0 Å². The van der Waals surface area contributed by atoms with Crippen molar-refractivity contribution >= 4 is 11.0 Å². The van der Waals surface area contributed by atoms with Gasteiger partial charge < -0.3 is 0 Å². The van der Waals surface area contributed by atoms with Crippen LogP contribution in [0.2, 0.25) is 0 Å². The molecule has 1 radical (unpaired) electrons. The first-order valence-electron chi connectivity index (χ1n) is 0.565. The Morgan fingerprint density at radius 3 is 1.40 bits per heavy atom. The number of hydrogen-bond acceptors (Lipinski definition) is 2. The molecule has 0 aliphatic heterocycles. The van der Waals surface area contributed by atoms with Crippen LogP contribution < -0.4 is 0 Å². The van der Waals surface area contributed by atoms with Crippen LogP contribution >= 0.6 is 0 Å². The summed E-state index contributed by atoms with van der Waals surface area (Å²) in [6, 6.07) is 0. The Balaban J connectivity index is 0. The molecule has 0 aliphatic carbocycles. The number of hydrogen-bond donors (Lipinski definition) is 2. The minimum absolute atomic E-state index is 0. The van der Waals surface area contributed by atoms with Gasteiger partial charge >= 0.3 is 0 Å². The molecule has 0 saturated heterocycles. The first kappa shape index (κ1) is 9.38. The molecule has 0 fully saturated rings. The molecule has 5 heavy (non-hydrogen) atoms. The van der Waals surface area contributed by atoms with Crippen LogP contribution in [0.5, 0.6) is 0 Å². The first-order valence-corrected chi connectivity index (χ1v) is 1.70. The summed E-state index contributed by atoms with van der Waals surface area (Å²) in [5.74, 6) is 0. The van der Waals surface area contributed by atoms with E-state index in [2.05, 4.69) is 0 Å². The zero-order valence-electron chi connectivity index (χ0n) is 2.29. The zero-order chi connectivity index (χ0) is 3.58. The second-order valence-electron chi connectivity index (χ2n) is 0.238. The van der Waals surface area contributed by atoms with E-state index < -0.39 is 11.0 Å². The molecular formula is H2O3SY. The molecule has 0 aliphatic rings. The molecule has 0 unspecified atom stereocenters. The van der Waals surface area contributed by atoms with E-state index in [1.807, 2.05) is 0 Å². The van der Waals surface area contributed by atoms with Crippen molar-refractivity contribution in [3.8, 4) is 0 Å². The smallest absolute Gasteiger partial charge is 0.254 e. The Kier molecular flexibility index (Phi) is 9.41. The largest absolute Gasteiger partial charge is 0.288 e.